The molecular formula is C18H20Cl6N2O2. The Kier molecular flexibility index (Phi) is 12.5. The number of rotatable bonds is 2. The number of hydrazine groups is 1. The van der Waals surface area contributed by atoms with Crippen LogP contribution in [0.3, 0.4) is 0 Å². The summed E-state index contributed by atoms with van der Waals surface area (Å²) < 4.78 is 0. The Bertz CT molecular complexity index is 807. The molecule has 0 atom stereocenters. The summed E-state index contributed by atoms with van der Waals surface area (Å²) in [6, 6.07) is 11.0. The number of carbonyl (C=O) groups is 2. The van der Waals surface area contributed by atoms with Gasteiger partial charge in [0.15, 0.2) is 0 Å². The Balaban J connectivity index is 0. The number of amides is 2. The van der Waals surface area contributed by atoms with Gasteiger partial charge in [0.2, 0.25) is 0 Å². The first kappa shape index (κ1) is 29.3. The van der Waals surface area contributed by atoms with Crippen molar-refractivity contribution < 1.29 is 9.59 Å². The van der Waals surface area contributed by atoms with Gasteiger partial charge in [-0.3, -0.25) is 15.0 Å². The second-order valence-electron chi connectivity index (χ2n) is 6.38. The first-order chi connectivity index (χ1) is 11.6. The molecule has 2 rings (SSSR count). The van der Waals surface area contributed by atoms with E-state index < -0.39 is 17.4 Å². The maximum Gasteiger partial charge on any atom is 0.274 e. The van der Waals surface area contributed by atoms with Crippen molar-refractivity contribution in [2.45, 2.75) is 26.3 Å². The molecular weight excluding hydrogens is 489 g/mol. The minimum absolute atomic E-state index is 0. The third-order valence-electron chi connectivity index (χ3n) is 3.36. The Morgan fingerprint density at radius 3 is 1.82 bits per heavy atom. The van der Waals surface area contributed by atoms with Crippen molar-refractivity contribution in [2.75, 3.05) is 0 Å². The van der Waals surface area contributed by atoms with E-state index in [1.807, 2.05) is 0 Å². The highest BCUT2D eigenvalue weighted by Crippen LogP contribution is 2.24. The highest BCUT2D eigenvalue weighted by Gasteiger charge is 2.30. The van der Waals surface area contributed by atoms with E-state index in [1.54, 1.807) is 51.1 Å². The molecule has 0 heterocycles. The van der Waals surface area contributed by atoms with Gasteiger partial charge in [0.25, 0.3) is 11.8 Å². The molecule has 0 bridgehead atoms. The van der Waals surface area contributed by atoms with Gasteiger partial charge < -0.3 is 0 Å². The molecule has 0 saturated carbocycles. The van der Waals surface area contributed by atoms with Gasteiger partial charge >= 0.3 is 0 Å². The van der Waals surface area contributed by atoms with Gasteiger partial charge in [-0.2, -0.15) is 0 Å². The number of nitrogens with one attached hydrogen (secondary N) is 1. The zero-order chi connectivity index (χ0) is 18.8. The minimum atomic E-state index is -0.678. The van der Waals surface area contributed by atoms with Crippen molar-refractivity contribution in [3.05, 3.63) is 68.7 Å². The minimum Gasteiger partial charge on any atom is -0.267 e. The van der Waals surface area contributed by atoms with Gasteiger partial charge in [0.05, 0.1) is 16.1 Å². The number of hydrogen-bond acceptors (Lipinski definition) is 2. The van der Waals surface area contributed by atoms with Crippen molar-refractivity contribution in [1.29, 1.82) is 0 Å². The van der Waals surface area contributed by atoms with E-state index in [4.69, 9.17) is 34.8 Å². The number of hydrogen-bond donors (Lipinski definition) is 1. The van der Waals surface area contributed by atoms with Crippen molar-refractivity contribution >= 4 is 83.8 Å². The smallest absolute Gasteiger partial charge is 0.267 e. The second-order valence-corrected chi connectivity index (χ2v) is 7.66. The van der Waals surface area contributed by atoms with Gasteiger partial charge in [0.1, 0.15) is 0 Å². The molecule has 4 nitrogen and oxygen atoms in total. The lowest BCUT2D eigenvalue weighted by Gasteiger charge is -2.35. The van der Waals surface area contributed by atoms with Crippen LogP contribution in [0.25, 0.3) is 0 Å². The third-order valence-corrected chi connectivity index (χ3v) is 4.15. The van der Waals surface area contributed by atoms with Crippen LogP contribution >= 0.6 is 72.0 Å². The van der Waals surface area contributed by atoms with E-state index in [9.17, 15) is 9.59 Å². The van der Waals surface area contributed by atoms with Crippen molar-refractivity contribution in [3.63, 3.8) is 0 Å². The molecule has 10 heteroatoms. The predicted molar refractivity (Wildman–Crippen MR) is 123 cm³/mol. The average molecular weight is 509 g/mol. The van der Waals surface area contributed by atoms with Gasteiger partial charge in [-0.15, -0.1) is 37.2 Å². The zero-order valence-electron chi connectivity index (χ0n) is 15.2. The molecule has 0 spiro atoms. The highest BCUT2D eigenvalue weighted by atomic mass is 35.5. The van der Waals surface area contributed by atoms with Crippen LogP contribution in [0, 0.1) is 0 Å². The summed E-state index contributed by atoms with van der Waals surface area (Å²) in [5.41, 5.74) is 2.60. The van der Waals surface area contributed by atoms with E-state index in [2.05, 4.69) is 5.43 Å². The van der Waals surface area contributed by atoms with Crippen LogP contribution in [0.1, 0.15) is 41.5 Å². The topological polar surface area (TPSA) is 49.4 Å². The summed E-state index contributed by atoms with van der Waals surface area (Å²) in [7, 11) is 0. The standard InChI is InChI=1S/C18H17Cl3N2O2.3ClH/c1-18(2,3)23(17(25)14-9-8-13(20)10-15(14)21)22-16(24)11-4-6-12(19)7-5-11;;;/h4-10H,1-3H3,(H,22,24);3*1H. The first-order valence-corrected chi connectivity index (χ1v) is 8.59. The van der Waals surface area contributed by atoms with Crippen LogP contribution in [0.15, 0.2) is 42.5 Å². The Morgan fingerprint density at radius 1 is 0.857 bits per heavy atom. The van der Waals surface area contributed by atoms with Crippen LogP contribution < -0.4 is 5.43 Å². The van der Waals surface area contributed by atoms with Crippen LogP contribution in [0.4, 0.5) is 0 Å². The average Bonchev–Trinajstić information content (AvgIpc) is 2.51. The van der Waals surface area contributed by atoms with Crippen molar-refractivity contribution in [2.24, 2.45) is 0 Å². The molecule has 0 radical (unpaired) electrons. The molecule has 0 fully saturated rings. The van der Waals surface area contributed by atoms with Gasteiger partial charge in [-0.25, -0.2) is 5.01 Å². The Labute approximate surface area is 198 Å². The zero-order valence-corrected chi connectivity index (χ0v) is 19.9. The molecule has 0 saturated heterocycles. The fraction of sp³-hybridized carbons (Fsp3) is 0.222. The number of benzene rings is 2. The van der Waals surface area contributed by atoms with Crippen molar-refractivity contribution in [1.82, 2.24) is 10.4 Å². The Morgan fingerprint density at radius 2 is 1.36 bits per heavy atom. The summed E-state index contributed by atoms with van der Waals surface area (Å²) in [5.74, 6) is -0.860. The Hall–Kier alpha value is -0.880. The number of halogens is 6. The van der Waals surface area contributed by atoms with E-state index in [0.717, 1.165) is 0 Å². The number of nitrogens with zero attached hydrogens (tertiary/aromatic N) is 1. The molecule has 1 N–H and O–H groups in total. The largest absolute Gasteiger partial charge is 0.274 e. The fourth-order valence-corrected chi connectivity index (χ4v) is 2.69. The normalized spacial score (nSPS) is 9.93. The summed E-state index contributed by atoms with van der Waals surface area (Å²) in [5, 5.41) is 2.41. The molecule has 0 aliphatic carbocycles. The molecule has 0 aromatic heterocycles. The third kappa shape index (κ3) is 7.51. The van der Waals surface area contributed by atoms with Crippen LogP contribution in [-0.2, 0) is 0 Å². The molecule has 0 unspecified atom stereocenters. The van der Waals surface area contributed by atoms with Gasteiger partial charge in [-0.05, 0) is 63.2 Å². The lowest BCUT2D eigenvalue weighted by molar-refractivity contribution is 0.0359. The highest BCUT2D eigenvalue weighted by molar-refractivity contribution is 6.36. The quantitative estimate of drug-likeness (QED) is 0.471. The molecule has 2 amide bonds. The maximum absolute atomic E-state index is 12.9. The van der Waals surface area contributed by atoms with E-state index >= 15 is 0 Å². The van der Waals surface area contributed by atoms with Crippen LogP contribution in [0.2, 0.25) is 15.1 Å². The summed E-state index contributed by atoms with van der Waals surface area (Å²) in [4.78, 5) is 25.4. The lowest BCUT2D eigenvalue weighted by Crippen LogP contribution is -2.55. The monoisotopic (exact) mass is 506 g/mol. The van der Waals surface area contributed by atoms with E-state index in [0.29, 0.717) is 15.6 Å². The molecule has 2 aromatic rings. The molecule has 0 aliphatic rings. The number of carbonyl (C=O) groups excluding carboxylic acids is 2. The summed E-state index contributed by atoms with van der Waals surface area (Å²) >= 11 is 17.8. The van der Waals surface area contributed by atoms with Gasteiger partial charge in [-0.1, -0.05) is 34.8 Å². The van der Waals surface area contributed by atoms with Crippen molar-refractivity contribution in [3.8, 4) is 0 Å². The first-order valence-electron chi connectivity index (χ1n) is 7.46. The SMILES string of the molecule is CC(C)(C)N(NC(=O)c1ccc(Cl)cc1)C(=O)c1ccc(Cl)cc1Cl.Cl.Cl.Cl. The summed E-state index contributed by atoms with van der Waals surface area (Å²) in [6.07, 6.45) is 0. The van der Waals surface area contributed by atoms with Crippen LogP contribution in [-0.4, -0.2) is 22.4 Å². The lowest BCUT2D eigenvalue weighted by atomic mass is 10.1. The van der Waals surface area contributed by atoms with Gasteiger partial charge in [0, 0.05) is 15.6 Å². The van der Waals surface area contributed by atoms with E-state index in [1.165, 1.54) is 17.1 Å². The molecule has 2 aromatic carbocycles. The molecule has 156 valence electrons. The van der Waals surface area contributed by atoms with E-state index in [-0.39, 0.29) is 47.8 Å². The second kappa shape index (κ2) is 12.0. The fourth-order valence-electron chi connectivity index (χ4n) is 2.07. The maximum atomic E-state index is 12.9. The molecule has 0 aliphatic heterocycles. The predicted octanol–water partition coefficient (Wildman–Crippen LogP) is 6.50. The molecule has 28 heavy (non-hydrogen) atoms. The van der Waals surface area contributed by atoms with Crippen LogP contribution in [0.5, 0.6) is 0 Å². The summed E-state index contributed by atoms with van der Waals surface area (Å²) in [6.45, 7) is 5.41.